The molecule has 2 N–H and O–H groups in total. The Morgan fingerprint density at radius 1 is 0.565 bits per heavy atom. The minimum atomic E-state index is 0.545. The number of nitrogens with two attached hydrogens (primary N) is 1. The van der Waals surface area contributed by atoms with Crippen molar-refractivity contribution in [1.29, 1.82) is 0 Å². The summed E-state index contributed by atoms with van der Waals surface area (Å²) in [5.41, 5.74) is 5.41. The molecule has 0 aliphatic heterocycles. The molecule has 23 heavy (non-hydrogen) atoms. The lowest BCUT2D eigenvalue weighted by atomic mass is 10.1. The van der Waals surface area contributed by atoms with E-state index in [0.29, 0.717) is 13.2 Å². The van der Waals surface area contributed by atoms with E-state index in [9.17, 15) is 0 Å². The molecule has 0 unspecified atom stereocenters. The molecular weight excluding hydrogens is 294 g/mol. The number of unbranched alkanes of at least 4 members (excludes halogenated alkanes) is 9. The van der Waals surface area contributed by atoms with E-state index in [2.05, 4.69) is 6.92 Å². The van der Waals surface area contributed by atoms with Crippen molar-refractivity contribution < 1.29 is 19.6 Å². The third kappa shape index (κ3) is 21.8. The summed E-state index contributed by atoms with van der Waals surface area (Å²) in [6, 6.07) is 0. The monoisotopic (exact) mass is 333 g/mol. The van der Waals surface area contributed by atoms with Crippen LogP contribution in [0.5, 0.6) is 0 Å². The van der Waals surface area contributed by atoms with E-state index < -0.39 is 0 Å². The number of hydrogen-bond acceptors (Lipinski definition) is 5. The van der Waals surface area contributed by atoms with E-state index >= 15 is 0 Å². The van der Waals surface area contributed by atoms with Gasteiger partial charge in [0.2, 0.25) is 0 Å². The van der Waals surface area contributed by atoms with Gasteiger partial charge in [0, 0.05) is 13.2 Å². The van der Waals surface area contributed by atoms with Crippen LogP contribution in [0.4, 0.5) is 0 Å². The molecule has 0 atom stereocenters. The zero-order valence-corrected chi connectivity index (χ0v) is 15.2. The van der Waals surface area contributed by atoms with Crippen LogP contribution in [0.2, 0.25) is 0 Å². The summed E-state index contributed by atoms with van der Waals surface area (Å²) in [6.45, 7) is 5.72. The molecule has 0 rings (SSSR count). The Balaban J connectivity index is 2.92. The van der Waals surface area contributed by atoms with Gasteiger partial charge in [-0.3, -0.25) is 0 Å². The first-order valence-corrected chi connectivity index (χ1v) is 9.60. The second-order valence-corrected chi connectivity index (χ2v) is 6.00. The summed E-state index contributed by atoms with van der Waals surface area (Å²) in [5, 5.41) is 4.70. The Kier molecular flexibility index (Phi) is 21.6. The Morgan fingerprint density at radius 2 is 1.04 bits per heavy atom. The normalized spacial score (nSPS) is 11.2. The molecule has 5 heteroatoms. The summed E-state index contributed by atoms with van der Waals surface area (Å²) in [5.74, 6) is 0. The molecule has 0 heterocycles. The highest BCUT2D eigenvalue weighted by molar-refractivity contribution is 4.45. The van der Waals surface area contributed by atoms with E-state index in [0.717, 1.165) is 51.9 Å². The lowest BCUT2D eigenvalue weighted by Gasteiger charge is -2.05. The maximum Gasteiger partial charge on any atom is 0.0854 e. The van der Waals surface area contributed by atoms with E-state index in [1.807, 2.05) is 0 Å². The van der Waals surface area contributed by atoms with Gasteiger partial charge in [-0.1, -0.05) is 56.9 Å². The van der Waals surface area contributed by atoms with E-state index in [-0.39, 0.29) is 0 Å². The quantitative estimate of drug-likeness (QED) is 0.201. The van der Waals surface area contributed by atoms with Gasteiger partial charge in [-0.25, -0.2) is 9.78 Å². The van der Waals surface area contributed by atoms with Crippen molar-refractivity contribution in [3.8, 4) is 0 Å². The molecule has 0 amide bonds. The van der Waals surface area contributed by atoms with Crippen LogP contribution < -0.4 is 5.73 Å². The van der Waals surface area contributed by atoms with Gasteiger partial charge in [0.25, 0.3) is 0 Å². The van der Waals surface area contributed by atoms with Crippen LogP contribution in [0.1, 0.15) is 84.0 Å². The van der Waals surface area contributed by atoms with Crippen LogP contribution in [0.15, 0.2) is 0 Å². The van der Waals surface area contributed by atoms with Gasteiger partial charge < -0.3 is 10.5 Å². The molecule has 0 bridgehead atoms. The summed E-state index contributed by atoms with van der Waals surface area (Å²) >= 11 is 0. The zero-order valence-electron chi connectivity index (χ0n) is 15.2. The second kappa shape index (κ2) is 21.8. The smallest absolute Gasteiger partial charge is 0.0854 e. The van der Waals surface area contributed by atoms with Gasteiger partial charge in [0.05, 0.1) is 13.2 Å². The highest BCUT2D eigenvalue weighted by Crippen LogP contribution is 2.08. The lowest BCUT2D eigenvalue weighted by molar-refractivity contribution is -0.512. The van der Waals surface area contributed by atoms with E-state index in [1.165, 1.54) is 44.9 Å². The van der Waals surface area contributed by atoms with Crippen LogP contribution in [0, 0.1) is 0 Å². The van der Waals surface area contributed by atoms with Gasteiger partial charge in [-0.15, -0.1) is 0 Å². The van der Waals surface area contributed by atoms with Crippen molar-refractivity contribution in [2.24, 2.45) is 5.73 Å². The van der Waals surface area contributed by atoms with Gasteiger partial charge in [0.1, 0.15) is 0 Å². The maximum atomic E-state index is 5.47. The molecule has 0 saturated heterocycles. The molecular formula is C18H39NO4. The molecule has 0 aliphatic carbocycles. The molecule has 140 valence electrons. The first-order valence-electron chi connectivity index (χ1n) is 9.60. The average Bonchev–Trinajstić information content (AvgIpc) is 2.57. The molecule has 0 spiro atoms. The fraction of sp³-hybridized carbons (Fsp3) is 1.00. The highest BCUT2D eigenvalue weighted by Gasteiger charge is 1.95. The summed E-state index contributed by atoms with van der Waals surface area (Å²) in [7, 11) is 0. The Bertz CT molecular complexity index is 185. The van der Waals surface area contributed by atoms with Gasteiger partial charge in [-0.2, -0.15) is 0 Å². The van der Waals surface area contributed by atoms with Crippen LogP contribution in [0.25, 0.3) is 0 Å². The minimum Gasteiger partial charge on any atom is -0.381 e. The van der Waals surface area contributed by atoms with Crippen molar-refractivity contribution in [3.05, 3.63) is 0 Å². The first-order chi connectivity index (χ1) is 11.4. The van der Waals surface area contributed by atoms with Crippen molar-refractivity contribution >= 4 is 0 Å². The summed E-state index contributed by atoms with van der Waals surface area (Å²) in [6.07, 6.45) is 14.3. The van der Waals surface area contributed by atoms with E-state index in [4.69, 9.17) is 25.3 Å². The molecule has 0 saturated carbocycles. The highest BCUT2D eigenvalue weighted by atomic mass is 17.5. The second-order valence-electron chi connectivity index (χ2n) is 6.00. The summed E-state index contributed by atoms with van der Waals surface area (Å²) in [4.78, 5) is 9.94. The maximum absolute atomic E-state index is 5.47. The summed E-state index contributed by atoms with van der Waals surface area (Å²) < 4.78 is 5.47. The first kappa shape index (κ1) is 22.8. The van der Waals surface area contributed by atoms with E-state index in [1.54, 1.807) is 0 Å². The Labute approximate surface area is 143 Å². The fourth-order valence-electron chi connectivity index (χ4n) is 2.21. The van der Waals surface area contributed by atoms with Crippen LogP contribution in [-0.2, 0) is 19.6 Å². The topological polar surface area (TPSA) is 62.9 Å². The van der Waals surface area contributed by atoms with Crippen LogP contribution in [-0.4, -0.2) is 33.0 Å². The van der Waals surface area contributed by atoms with Crippen molar-refractivity contribution in [2.45, 2.75) is 84.0 Å². The molecule has 0 aliphatic rings. The number of hydrogen-bond donors (Lipinski definition) is 1. The van der Waals surface area contributed by atoms with Crippen molar-refractivity contribution in [1.82, 2.24) is 0 Å². The van der Waals surface area contributed by atoms with Crippen molar-refractivity contribution in [3.63, 3.8) is 0 Å². The molecule has 0 aromatic heterocycles. The fourth-order valence-corrected chi connectivity index (χ4v) is 2.21. The number of ether oxygens (including phenoxy) is 1. The largest absolute Gasteiger partial charge is 0.381 e. The Morgan fingerprint density at radius 3 is 1.65 bits per heavy atom. The molecule has 0 aromatic carbocycles. The van der Waals surface area contributed by atoms with Gasteiger partial charge in [-0.05, 0) is 38.6 Å². The Hall–Kier alpha value is -0.200. The average molecular weight is 334 g/mol. The molecule has 0 radical (unpaired) electrons. The zero-order chi connectivity index (χ0) is 16.8. The van der Waals surface area contributed by atoms with Crippen LogP contribution in [0.3, 0.4) is 0 Å². The van der Waals surface area contributed by atoms with Crippen LogP contribution >= 0.6 is 0 Å². The predicted octanol–water partition coefficient (Wildman–Crippen LogP) is 4.54. The number of rotatable bonds is 20. The predicted molar refractivity (Wildman–Crippen MR) is 93.9 cm³/mol. The third-order valence-electron chi connectivity index (χ3n) is 3.69. The minimum absolute atomic E-state index is 0.545. The molecule has 0 fully saturated rings. The lowest BCUT2D eigenvalue weighted by Crippen LogP contribution is -2.04. The molecule has 5 nitrogen and oxygen atoms in total. The molecule has 0 aromatic rings. The van der Waals surface area contributed by atoms with Gasteiger partial charge in [0.15, 0.2) is 0 Å². The van der Waals surface area contributed by atoms with Gasteiger partial charge >= 0.3 is 0 Å². The SMILES string of the molecule is CCCCCCCCCCOOOCCCCOCCCCN. The third-order valence-corrected chi connectivity index (χ3v) is 3.69. The van der Waals surface area contributed by atoms with Crippen molar-refractivity contribution in [2.75, 3.05) is 33.0 Å². The standard InChI is InChI=1S/C18H39NO4/c1-2-3-4-5-6-7-8-10-17-21-23-22-18-13-12-16-20-15-11-9-14-19/h2-19H2,1H3.